The molecule has 18 heavy (non-hydrogen) atoms. The number of nitrogens with zero attached hydrogens (tertiary/aromatic N) is 1. The van der Waals surface area contributed by atoms with Gasteiger partial charge in [0.2, 0.25) is 0 Å². The molecule has 1 aromatic rings. The Kier molecular flexibility index (Phi) is 4.07. The van der Waals surface area contributed by atoms with Crippen molar-refractivity contribution in [2.45, 2.75) is 19.4 Å². The summed E-state index contributed by atoms with van der Waals surface area (Å²) in [6, 6.07) is 2.48. The molecule has 1 saturated heterocycles. The zero-order valence-corrected chi connectivity index (χ0v) is 11.3. The van der Waals surface area contributed by atoms with E-state index in [1.807, 2.05) is 11.9 Å². The van der Waals surface area contributed by atoms with Gasteiger partial charge in [0.25, 0.3) is 0 Å². The van der Waals surface area contributed by atoms with Crippen molar-refractivity contribution >= 4 is 17.3 Å². The van der Waals surface area contributed by atoms with E-state index in [-0.39, 0.29) is 5.02 Å². The van der Waals surface area contributed by atoms with Gasteiger partial charge in [0.05, 0.1) is 10.7 Å². The lowest BCUT2D eigenvalue weighted by Gasteiger charge is -2.38. The Hall–Kier alpha value is -0.870. The largest absolute Gasteiger partial charge is 0.368 e. The summed E-state index contributed by atoms with van der Waals surface area (Å²) in [5, 5.41) is 3.39. The molecular formula is C13H17ClF2N2. The molecule has 2 nitrogen and oxygen atoms in total. The molecule has 2 rings (SSSR count). The molecule has 1 aromatic carbocycles. The van der Waals surface area contributed by atoms with Crippen molar-refractivity contribution < 1.29 is 8.78 Å². The van der Waals surface area contributed by atoms with Crippen molar-refractivity contribution in [2.24, 2.45) is 5.92 Å². The molecule has 5 heteroatoms. The van der Waals surface area contributed by atoms with Crippen LogP contribution in [0.1, 0.15) is 13.3 Å². The lowest BCUT2D eigenvalue weighted by atomic mass is 9.93. The Balaban J connectivity index is 2.23. The zero-order chi connectivity index (χ0) is 13.3. The number of hydrogen-bond donors (Lipinski definition) is 1. The number of halogens is 3. The number of hydrogen-bond acceptors (Lipinski definition) is 2. The molecular weight excluding hydrogens is 258 g/mol. The number of nitrogens with one attached hydrogen (secondary N) is 1. The van der Waals surface area contributed by atoms with Crippen molar-refractivity contribution in [1.29, 1.82) is 0 Å². The maximum absolute atomic E-state index is 13.8. The molecule has 1 fully saturated rings. The van der Waals surface area contributed by atoms with Gasteiger partial charge >= 0.3 is 0 Å². The van der Waals surface area contributed by atoms with E-state index >= 15 is 0 Å². The lowest BCUT2D eigenvalue weighted by molar-refractivity contribution is 0.337. The van der Waals surface area contributed by atoms with E-state index in [0.29, 0.717) is 24.2 Å². The Morgan fingerprint density at radius 1 is 1.39 bits per heavy atom. The van der Waals surface area contributed by atoms with Crippen molar-refractivity contribution in [3.8, 4) is 0 Å². The summed E-state index contributed by atoms with van der Waals surface area (Å²) in [4.78, 5) is 1.90. The predicted octanol–water partition coefficient (Wildman–Crippen LogP) is 3.05. The van der Waals surface area contributed by atoms with E-state index in [0.717, 1.165) is 25.1 Å². The normalized spacial score (nSPS) is 24.4. The standard InChI is InChI=1S/C13H17ClF2N2/c1-8-7-18(4-3-12(8)17-2)13-10(14)5-9(15)6-11(13)16/h5-6,8,12,17H,3-4,7H2,1-2H3. The summed E-state index contributed by atoms with van der Waals surface area (Å²) >= 11 is 5.95. The first-order chi connectivity index (χ1) is 8.52. The molecule has 1 N–H and O–H groups in total. The maximum Gasteiger partial charge on any atom is 0.150 e. The van der Waals surface area contributed by atoms with Crippen molar-refractivity contribution in [3.05, 3.63) is 28.8 Å². The molecule has 0 spiro atoms. The van der Waals surface area contributed by atoms with Crippen LogP contribution in [0.3, 0.4) is 0 Å². The van der Waals surface area contributed by atoms with Gasteiger partial charge in [-0.2, -0.15) is 0 Å². The van der Waals surface area contributed by atoms with Gasteiger partial charge in [-0.05, 0) is 25.5 Å². The van der Waals surface area contributed by atoms with Gasteiger partial charge in [-0.3, -0.25) is 0 Å². The second-order valence-electron chi connectivity index (χ2n) is 4.83. The van der Waals surface area contributed by atoms with Gasteiger partial charge in [0.15, 0.2) is 5.82 Å². The van der Waals surface area contributed by atoms with E-state index in [1.54, 1.807) is 0 Å². The van der Waals surface area contributed by atoms with Crippen LogP contribution in [0.5, 0.6) is 0 Å². The second kappa shape index (κ2) is 5.41. The minimum Gasteiger partial charge on any atom is -0.368 e. The molecule has 0 bridgehead atoms. The molecule has 0 saturated carbocycles. The van der Waals surface area contributed by atoms with Gasteiger partial charge in [-0.25, -0.2) is 8.78 Å². The van der Waals surface area contributed by atoms with Crippen LogP contribution in [0.4, 0.5) is 14.5 Å². The Morgan fingerprint density at radius 2 is 2.11 bits per heavy atom. The molecule has 0 amide bonds. The first-order valence-electron chi connectivity index (χ1n) is 6.09. The maximum atomic E-state index is 13.8. The monoisotopic (exact) mass is 274 g/mol. The van der Waals surface area contributed by atoms with Crippen LogP contribution < -0.4 is 10.2 Å². The molecule has 1 aliphatic heterocycles. The van der Waals surface area contributed by atoms with Crippen LogP contribution in [-0.4, -0.2) is 26.2 Å². The first kappa shape index (κ1) is 13.6. The van der Waals surface area contributed by atoms with Gasteiger partial charge in [-0.1, -0.05) is 18.5 Å². The van der Waals surface area contributed by atoms with Crippen LogP contribution in [-0.2, 0) is 0 Å². The minimum absolute atomic E-state index is 0.141. The molecule has 2 atom stereocenters. The zero-order valence-electron chi connectivity index (χ0n) is 10.5. The van der Waals surface area contributed by atoms with Crippen LogP contribution >= 0.6 is 11.6 Å². The Labute approximate surface area is 111 Å². The van der Waals surface area contributed by atoms with Crippen LogP contribution in [0, 0.1) is 17.6 Å². The van der Waals surface area contributed by atoms with E-state index in [4.69, 9.17) is 11.6 Å². The Morgan fingerprint density at radius 3 is 2.67 bits per heavy atom. The Bertz CT molecular complexity index is 416. The highest BCUT2D eigenvalue weighted by Crippen LogP contribution is 2.33. The number of anilines is 1. The molecule has 1 aliphatic rings. The minimum atomic E-state index is -0.639. The summed E-state index contributed by atoms with van der Waals surface area (Å²) in [5.41, 5.74) is 0.319. The summed E-state index contributed by atoms with van der Waals surface area (Å²) in [5.74, 6) is -0.834. The third kappa shape index (κ3) is 2.59. The summed E-state index contributed by atoms with van der Waals surface area (Å²) in [6.07, 6.45) is 0.921. The van der Waals surface area contributed by atoms with E-state index in [9.17, 15) is 8.78 Å². The van der Waals surface area contributed by atoms with Gasteiger partial charge in [0, 0.05) is 25.2 Å². The SMILES string of the molecule is CNC1CCN(c2c(F)cc(F)cc2Cl)CC1C. The van der Waals surface area contributed by atoms with E-state index < -0.39 is 11.6 Å². The quantitative estimate of drug-likeness (QED) is 0.892. The smallest absolute Gasteiger partial charge is 0.150 e. The molecule has 1 heterocycles. The topological polar surface area (TPSA) is 15.3 Å². The summed E-state index contributed by atoms with van der Waals surface area (Å²) < 4.78 is 26.8. The summed E-state index contributed by atoms with van der Waals surface area (Å²) in [6.45, 7) is 3.55. The van der Waals surface area contributed by atoms with Crippen LogP contribution in [0.25, 0.3) is 0 Å². The van der Waals surface area contributed by atoms with Crippen molar-refractivity contribution in [1.82, 2.24) is 5.32 Å². The average Bonchev–Trinajstić information content (AvgIpc) is 2.27. The fourth-order valence-electron chi connectivity index (χ4n) is 2.61. The number of benzene rings is 1. The average molecular weight is 275 g/mol. The van der Waals surface area contributed by atoms with Crippen molar-refractivity contribution in [2.75, 3.05) is 25.0 Å². The molecule has 0 aliphatic carbocycles. The van der Waals surface area contributed by atoms with E-state index in [2.05, 4.69) is 12.2 Å². The molecule has 0 aromatic heterocycles. The van der Waals surface area contributed by atoms with Gasteiger partial charge in [-0.15, -0.1) is 0 Å². The molecule has 0 radical (unpaired) electrons. The lowest BCUT2D eigenvalue weighted by Crippen LogP contribution is -2.47. The van der Waals surface area contributed by atoms with E-state index in [1.165, 1.54) is 0 Å². The predicted molar refractivity (Wildman–Crippen MR) is 70.2 cm³/mol. The fourth-order valence-corrected chi connectivity index (χ4v) is 2.93. The second-order valence-corrected chi connectivity index (χ2v) is 5.23. The molecule has 100 valence electrons. The van der Waals surface area contributed by atoms with Crippen LogP contribution in [0.15, 0.2) is 12.1 Å². The number of piperidine rings is 1. The third-order valence-corrected chi connectivity index (χ3v) is 3.86. The summed E-state index contributed by atoms with van der Waals surface area (Å²) in [7, 11) is 1.93. The van der Waals surface area contributed by atoms with Crippen molar-refractivity contribution in [3.63, 3.8) is 0 Å². The highest BCUT2D eigenvalue weighted by molar-refractivity contribution is 6.33. The highest BCUT2D eigenvalue weighted by atomic mass is 35.5. The highest BCUT2D eigenvalue weighted by Gasteiger charge is 2.27. The number of rotatable bonds is 2. The third-order valence-electron chi connectivity index (χ3n) is 3.57. The van der Waals surface area contributed by atoms with Gasteiger partial charge in [0.1, 0.15) is 5.82 Å². The fraction of sp³-hybridized carbons (Fsp3) is 0.538. The molecule has 2 unspecified atom stereocenters. The van der Waals surface area contributed by atoms with Gasteiger partial charge < -0.3 is 10.2 Å². The first-order valence-corrected chi connectivity index (χ1v) is 6.47. The van der Waals surface area contributed by atoms with Crippen LogP contribution in [0.2, 0.25) is 5.02 Å².